The van der Waals surface area contributed by atoms with Crippen LogP contribution in [0.1, 0.15) is 18.1 Å². The molecule has 2 rings (SSSR count). The highest BCUT2D eigenvalue weighted by Gasteiger charge is 2.20. The molecule has 1 amide bonds. The molecule has 0 heterocycles. The summed E-state index contributed by atoms with van der Waals surface area (Å²) >= 11 is 0. The zero-order valence-electron chi connectivity index (χ0n) is 15.9. The molecule has 0 aliphatic rings. The van der Waals surface area contributed by atoms with Gasteiger partial charge in [-0.3, -0.25) is 9.10 Å². The molecule has 0 spiro atoms. The number of amides is 1. The van der Waals surface area contributed by atoms with Crippen LogP contribution in [-0.2, 0) is 27.7 Å². The fourth-order valence-electron chi connectivity index (χ4n) is 2.62. The van der Waals surface area contributed by atoms with Gasteiger partial charge >= 0.3 is 0 Å². The molecule has 0 radical (unpaired) electrons. The van der Waals surface area contributed by atoms with Crippen molar-refractivity contribution in [3.63, 3.8) is 0 Å². The molecule has 0 atom stereocenters. The molecule has 0 unspecified atom stereocenters. The highest BCUT2D eigenvalue weighted by molar-refractivity contribution is 7.92. The minimum absolute atomic E-state index is 0.243. The number of benzene rings is 2. The highest BCUT2D eigenvalue weighted by Crippen LogP contribution is 2.18. The van der Waals surface area contributed by atoms with Gasteiger partial charge in [0.2, 0.25) is 15.9 Å². The summed E-state index contributed by atoms with van der Waals surface area (Å²) < 4.78 is 30.5. The molecular formula is C20H26N2O4S. The second-order valence-corrected chi connectivity index (χ2v) is 8.14. The van der Waals surface area contributed by atoms with Crippen LogP contribution in [0.3, 0.4) is 0 Å². The summed E-state index contributed by atoms with van der Waals surface area (Å²) in [6, 6.07) is 14.8. The van der Waals surface area contributed by atoms with Gasteiger partial charge in [0, 0.05) is 6.54 Å². The minimum atomic E-state index is -3.56. The summed E-state index contributed by atoms with van der Waals surface area (Å²) in [7, 11) is -1.95. The molecule has 27 heavy (non-hydrogen) atoms. The predicted octanol–water partition coefficient (Wildman–Crippen LogP) is 2.38. The van der Waals surface area contributed by atoms with E-state index in [1.54, 1.807) is 19.2 Å². The molecule has 7 heteroatoms. The largest absolute Gasteiger partial charge is 0.497 e. The maximum Gasteiger partial charge on any atom is 0.240 e. The number of nitrogens with zero attached hydrogens (tertiary/aromatic N) is 1. The Morgan fingerprint density at radius 1 is 1.04 bits per heavy atom. The van der Waals surface area contributed by atoms with E-state index in [1.807, 2.05) is 43.3 Å². The highest BCUT2D eigenvalue weighted by atomic mass is 32.2. The van der Waals surface area contributed by atoms with Gasteiger partial charge in [-0.15, -0.1) is 0 Å². The van der Waals surface area contributed by atoms with Crippen molar-refractivity contribution < 1.29 is 17.9 Å². The summed E-state index contributed by atoms with van der Waals surface area (Å²) in [6.45, 7) is 2.21. The van der Waals surface area contributed by atoms with E-state index in [2.05, 4.69) is 5.32 Å². The van der Waals surface area contributed by atoms with Gasteiger partial charge in [-0.05, 0) is 48.2 Å². The quantitative estimate of drug-likeness (QED) is 0.713. The Morgan fingerprint density at radius 3 is 2.15 bits per heavy atom. The summed E-state index contributed by atoms with van der Waals surface area (Å²) in [6.07, 6.45) is 2.62. The zero-order valence-corrected chi connectivity index (χ0v) is 16.8. The van der Waals surface area contributed by atoms with Crippen LogP contribution in [0, 0.1) is 0 Å². The number of carbonyl (C=O) groups excluding carboxylic acids is 1. The second kappa shape index (κ2) is 9.41. The van der Waals surface area contributed by atoms with Crippen LogP contribution in [-0.4, -0.2) is 40.8 Å². The first kappa shape index (κ1) is 20.8. The van der Waals surface area contributed by atoms with Crippen molar-refractivity contribution in [1.29, 1.82) is 0 Å². The lowest BCUT2D eigenvalue weighted by Gasteiger charge is -2.22. The van der Waals surface area contributed by atoms with E-state index in [0.717, 1.165) is 33.9 Å². The fourth-order valence-corrected chi connectivity index (χ4v) is 3.48. The lowest BCUT2D eigenvalue weighted by Crippen LogP contribution is -2.40. The van der Waals surface area contributed by atoms with Crippen LogP contribution in [0.5, 0.6) is 5.75 Å². The van der Waals surface area contributed by atoms with Gasteiger partial charge in [-0.2, -0.15) is 0 Å². The monoisotopic (exact) mass is 390 g/mol. The van der Waals surface area contributed by atoms with Gasteiger partial charge < -0.3 is 10.1 Å². The van der Waals surface area contributed by atoms with Crippen molar-refractivity contribution in [2.45, 2.75) is 19.8 Å². The number of aryl methyl sites for hydroxylation is 1. The molecule has 0 aliphatic heterocycles. The molecule has 0 aromatic heterocycles. The number of hydrogen-bond acceptors (Lipinski definition) is 4. The molecule has 1 N–H and O–H groups in total. The van der Waals surface area contributed by atoms with Crippen molar-refractivity contribution in [3.05, 3.63) is 59.7 Å². The van der Waals surface area contributed by atoms with Crippen LogP contribution in [0.4, 0.5) is 5.69 Å². The Bertz CT molecular complexity index is 847. The van der Waals surface area contributed by atoms with E-state index in [4.69, 9.17) is 4.74 Å². The number of anilines is 1. The van der Waals surface area contributed by atoms with Gasteiger partial charge in [-0.1, -0.05) is 31.2 Å². The number of methoxy groups -OCH3 is 1. The molecule has 0 saturated carbocycles. The average Bonchev–Trinajstić information content (AvgIpc) is 2.66. The summed E-state index contributed by atoms with van der Waals surface area (Å²) in [4.78, 5) is 12.2. The Kier molecular flexibility index (Phi) is 7.24. The van der Waals surface area contributed by atoms with Crippen molar-refractivity contribution in [2.75, 3.05) is 30.8 Å². The van der Waals surface area contributed by atoms with Crippen LogP contribution < -0.4 is 14.4 Å². The molecule has 146 valence electrons. The minimum Gasteiger partial charge on any atom is -0.497 e. The Balaban J connectivity index is 1.94. The topological polar surface area (TPSA) is 75.7 Å². The maximum absolute atomic E-state index is 12.2. The van der Waals surface area contributed by atoms with Gasteiger partial charge in [0.25, 0.3) is 0 Å². The standard InChI is InChI=1S/C20H26N2O4S/c1-4-16-5-9-18(10-6-16)22(27(3,24)25)15-20(23)21-14-13-17-7-11-19(26-2)12-8-17/h5-12H,4,13-15H2,1-3H3,(H,21,23). The molecule has 0 fully saturated rings. The Morgan fingerprint density at radius 2 is 1.63 bits per heavy atom. The number of rotatable bonds is 9. The normalized spacial score (nSPS) is 11.1. The maximum atomic E-state index is 12.2. The summed E-state index contributed by atoms with van der Waals surface area (Å²) in [5, 5.41) is 2.78. The summed E-state index contributed by atoms with van der Waals surface area (Å²) in [5.74, 6) is 0.439. The van der Waals surface area contributed by atoms with E-state index in [-0.39, 0.29) is 12.5 Å². The number of hydrogen-bond donors (Lipinski definition) is 1. The second-order valence-electron chi connectivity index (χ2n) is 6.24. The first-order chi connectivity index (χ1) is 12.8. The smallest absolute Gasteiger partial charge is 0.240 e. The number of carbonyl (C=O) groups is 1. The predicted molar refractivity (Wildman–Crippen MR) is 108 cm³/mol. The zero-order chi connectivity index (χ0) is 19.9. The van der Waals surface area contributed by atoms with Crippen LogP contribution in [0.2, 0.25) is 0 Å². The SMILES string of the molecule is CCc1ccc(N(CC(=O)NCCc2ccc(OC)cc2)S(C)(=O)=O)cc1. The van der Waals surface area contributed by atoms with Crippen molar-refractivity contribution in [2.24, 2.45) is 0 Å². The van der Waals surface area contributed by atoms with Gasteiger partial charge in [-0.25, -0.2) is 8.42 Å². The van der Waals surface area contributed by atoms with E-state index in [1.165, 1.54) is 0 Å². The first-order valence-corrected chi connectivity index (χ1v) is 10.6. The van der Waals surface area contributed by atoms with Crippen LogP contribution in [0.15, 0.2) is 48.5 Å². The Labute approximate surface area is 161 Å². The van der Waals surface area contributed by atoms with Gasteiger partial charge in [0.05, 0.1) is 19.1 Å². The third kappa shape index (κ3) is 6.29. The number of nitrogens with one attached hydrogen (secondary N) is 1. The van der Waals surface area contributed by atoms with Gasteiger partial charge in [0.15, 0.2) is 0 Å². The van der Waals surface area contributed by atoms with Crippen molar-refractivity contribution in [1.82, 2.24) is 5.32 Å². The third-order valence-corrected chi connectivity index (χ3v) is 5.36. The molecule has 0 saturated heterocycles. The van der Waals surface area contributed by atoms with Crippen LogP contribution in [0.25, 0.3) is 0 Å². The summed E-state index contributed by atoms with van der Waals surface area (Å²) in [5.41, 5.74) is 2.65. The fraction of sp³-hybridized carbons (Fsp3) is 0.350. The van der Waals surface area contributed by atoms with E-state index >= 15 is 0 Å². The lowest BCUT2D eigenvalue weighted by molar-refractivity contribution is -0.119. The van der Waals surface area contributed by atoms with E-state index in [9.17, 15) is 13.2 Å². The average molecular weight is 391 g/mol. The molecule has 0 bridgehead atoms. The molecule has 6 nitrogen and oxygen atoms in total. The van der Waals surface area contributed by atoms with E-state index < -0.39 is 10.0 Å². The first-order valence-electron chi connectivity index (χ1n) is 8.79. The molecule has 2 aromatic carbocycles. The van der Waals surface area contributed by atoms with Crippen molar-refractivity contribution >= 4 is 21.6 Å². The van der Waals surface area contributed by atoms with Crippen molar-refractivity contribution in [3.8, 4) is 5.75 Å². The van der Waals surface area contributed by atoms with E-state index in [0.29, 0.717) is 18.7 Å². The van der Waals surface area contributed by atoms with Crippen LogP contribution >= 0.6 is 0 Å². The molecule has 2 aromatic rings. The lowest BCUT2D eigenvalue weighted by atomic mass is 10.1. The number of sulfonamides is 1. The molecular weight excluding hydrogens is 364 g/mol. The molecule has 0 aliphatic carbocycles. The number of ether oxygens (including phenoxy) is 1. The Hall–Kier alpha value is -2.54. The third-order valence-electron chi connectivity index (χ3n) is 4.22. The van der Waals surface area contributed by atoms with Gasteiger partial charge in [0.1, 0.15) is 12.3 Å².